The van der Waals surface area contributed by atoms with Gasteiger partial charge >= 0.3 is 0 Å². The molecule has 3 heteroatoms. The Morgan fingerprint density at radius 2 is 2.00 bits per heavy atom. The van der Waals surface area contributed by atoms with E-state index >= 15 is 0 Å². The Labute approximate surface area is 88.7 Å². The van der Waals surface area contributed by atoms with E-state index in [-0.39, 0.29) is 17.2 Å². The molecule has 2 nitrogen and oxygen atoms in total. The third kappa shape index (κ3) is 1.30. The summed E-state index contributed by atoms with van der Waals surface area (Å²) in [5.74, 6) is 0.489. The molecule has 0 spiro atoms. The van der Waals surface area contributed by atoms with E-state index in [2.05, 4.69) is 13.8 Å². The average Bonchev–Trinajstić information content (AvgIpc) is 2.58. The van der Waals surface area contributed by atoms with E-state index in [0.29, 0.717) is 10.9 Å². The number of rotatable bonds is 1. The molecule has 2 unspecified atom stereocenters. The molecule has 0 bridgehead atoms. The minimum absolute atomic E-state index is 0.127. The van der Waals surface area contributed by atoms with Gasteiger partial charge in [0, 0.05) is 12.0 Å². The zero-order valence-electron chi connectivity index (χ0n) is 8.29. The summed E-state index contributed by atoms with van der Waals surface area (Å²) in [4.78, 5) is 0. The first kappa shape index (κ1) is 9.81. The SMILES string of the molecule is CC1(C)C(N)C1c1ccc(O)c(Cl)c1. The van der Waals surface area contributed by atoms with E-state index in [1.807, 2.05) is 6.07 Å². The van der Waals surface area contributed by atoms with Gasteiger partial charge in [0.25, 0.3) is 0 Å². The molecule has 1 aromatic carbocycles. The largest absolute Gasteiger partial charge is 0.506 e. The summed E-state index contributed by atoms with van der Waals surface area (Å²) in [7, 11) is 0. The van der Waals surface area contributed by atoms with Gasteiger partial charge in [-0.05, 0) is 23.1 Å². The summed E-state index contributed by atoms with van der Waals surface area (Å²) >= 11 is 5.84. The van der Waals surface area contributed by atoms with Gasteiger partial charge in [-0.1, -0.05) is 31.5 Å². The Kier molecular flexibility index (Phi) is 2.02. The number of phenols is 1. The third-order valence-electron chi connectivity index (χ3n) is 3.24. The van der Waals surface area contributed by atoms with Gasteiger partial charge in [-0.3, -0.25) is 0 Å². The molecule has 0 heterocycles. The van der Waals surface area contributed by atoms with Crippen LogP contribution in [0.2, 0.25) is 5.02 Å². The van der Waals surface area contributed by atoms with Gasteiger partial charge in [-0.25, -0.2) is 0 Å². The molecule has 0 aromatic heterocycles. The molecule has 0 radical (unpaired) electrons. The molecule has 0 aliphatic heterocycles. The second-order valence-corrected chi connectivity index (χ2v) is 4.94. The second kappa shape index (κ2) is 2.88. The molecule has 1 aliphatic carbocycles. The Morgan fingerprint density at radius 3 is 2.43 bits per heavy atom. The van der Waals surface area contributed by atoms with Crippen LogP contribution in [0.15, 0.2) is 18.2 Å². The molecular formula is C11H14ClNO. The van der Waals surface area contributed by atoms with Crippen LogP contribution in [0.3, 0.4) is 0 Å². The maximum atomic E-state index is 9.28. The number of aromatic hydroxyl groups is 1. The van der Waals surface area contributed by atoms with Gasteiger partial charge in [0.1, 0.15) is 5.75 Å². The lowest BCUT2D eigenvalue weighted by Gasteiger charge is -2.04. The highest BCUT2D eigenvalue weighted by molar-refractivity contribution is 6.32. The fourth-order valence-corrected chi connectivity index (χ4v) is 2.22. The van der Waals surface area contributed by atoms with Crippen molar-refractivity contribution in [1.82, 2.24) is 0 Å². The normalized spacial score (nSPS) is 28.9. The number of nitrogens with two attached hydrogens (primary N) is 1. The number of hydrogen-bond donors (Lipinski definition) is 2. The van der Waals surface area contributed by atoms with Gasteiger partial charge in [0.2, 0.25) is 0 Å². The molecule has 1 aromatic rings. The predicted octanol–water partition coefficient (Wildman–Crippen LogP) is 2.50. The molecule has 3 N–H and O–H groups in total. The first-order valence-electron chi connectivity index (χ1n) is 4.68. The predicted molar refractivity (Wildman–Crippen MR) is 57.6 cm³/mol. The summed E-state index contributed by atoms with van der Waals surface area (Å²) in [5, 5.41) is 9.68. The van der Waals surface area contributed by atoms with Crippen molar-refractivity contribution in [1.29, 1.82) is 0 Å². The molecule has 0 amide bonds. The Bertz CT molecular complexity index is 376. The number of benzene rings is 1. The number of hydrogen-bond acceptors (Lipinski definition) is 2. The summed E-state index contributed by atoms with van der Waals surface area (Å²) < 4.78 is 0. The fraction of sp³-hybridized carbons (Fsp3) is 0.455. The van der Waals surface area contributed by atoms with Crippen LogP contribution in [0.25, 0.3) is 0 Å². The second-order valence-electron chi connectivity index (χ2n) is 4.54. The van der Waals surface area contributed by atoms with E-state index < -0.39 is 0 Å². The van der Waals surface area contributed by atoms with E-state index in [9.17, 15) is 5.11 Å². The highest BCUT2D eigenvalue weighted by Crippen LogP contribution is 2.57. The molecule has 76 valence electrons. The first-order valence-corrected chi connectivity index (χ1v) is 5.06. The molecule has 0 saturated heterocycles. The van der Waals surface area contributed by atoms with E-state index in [0.717, 1.165) is 5.56 Å². The van der Waals surface area contributed by atoms with Crippen molar-refractivity contribution in [3.8, 4) is 5.75 Å². The maximum Gasteiger partial charge on any atom is 0.134 e. The van der Waals surface area contributed by atoms with Crippen LogP contribution in [-0.2, 0) is 0 Å². The summed E-state index contributed by atoms with van der Waals surface area (Å²) in [5.41, 5.74) is 7.23. The van der Waals surface area contributed by atoms with Crippen LogP contribution < -0.4 is 5.73 Å². The standard InChI is InChI=1S/C11H14ClNO/c1-11(2)9(10(11)13)6-3-4-8(14)7(12)5-6/h3-5,9-10,14H,13H2,1-2H3. The monoisotopic (exact) mass is 211 g/mol. The van der Waals surface area contributed by atoms with Crippen LogP contribution in [0.5, 0.6) is 5.75 Å². The lowest BCUT2D eigenvalue weighted by molar-refractivity contribution is 0.475. The van der Waals surface area contributed by atoms with Crippen molar-refractivity contribution in [2.45, 2.75) is 25.8 Å². The average molecular weight is 212 g/mol. The van der Waals surface area contributed by atoms with E-state index in [1.54, 1.807) is 12.1 Å². The van der Waals surface area contributed by atoms with Crippen molar-refractivity contribution in [2.24, 2.45) is 11.1 Å². The van der Waals surface area contributed by atoms with Crippen molar-refractivity contribution < 1.29 is 5.11 Å². The minimum Gasteiger partial charge on any atom is -0.506 e. The van der Waals surface area contributed by atoms with Crippen LogP contribution >= 0.6 is 11.6 Å². The van der Waals surface area contributed by atoms with Crippen molar-refractivity contribution >= 4 is 11.6 Å². The minimum atomic E-state index is 0.127. The topological polar surface area (TPSA) is 46.2 Å². The lowest BCUT2D eigenvalue weighted by Crippen LogP contribution is -2.06. The van der Waals surface area contributed by atoms with Crippen molar-refractivity contribution in [3.05, 3.63) is 28.8 Å². The van der Waals surface area contributed by atoms with Crippen molar-refractivity contribution in [2.75, 3.05) is 0 Å². The molecule has 1 fully saturated rings. The molecule has 2 atom stereocenters. The van der Waals surface area contributed by atoms with Gasteiger partial charge < -0.3 is 10.8 Å². The van der Waals surface area contributed by atoms with Crippen LogP contribution in [0, 0.1) is 5.41 Å². The van der Waals surface area contributed by atoms with E-state index in [1.165, 1.54) is 0 Å². The molecule has 14 heavy (non-hydrogen) atoms. The summed E-state index contributed by atoms with van der Waals surface area (Å²) in [6.45, 7) is 4.28. The molecule has 2 rings (SSSR count). The highest BCUT2D eigenvalue weighted by Gasteiger charge is 2.56. The molecule has 1 saturated carbocycles. The van der Waals surface area contributed by atoms with Gasteiger partial charge in [0.15, 0.2) is 0 Å². The smallest absolute Gasteiger partial charge is 0.134 e. The quantitative estimate of drug-likeness (QED) is 0.750. The van der Waals surface area contributed by atoms with Crippen LogP contribution in [0.4, 0.5) is 0 Å². The fourth-order valence-electron chi connectivity index (χ4n) is 2.03. The first-order chi connectivity index (χ1) is 6.44. The van der Waals surface area contributed by atoms with Crippen LogP contribution in [0.1, 0.15) is 25.3 Å². The molecular weight excluding hydrogens is 198 g/mol. The molecule has 1 aliphatic rings. The van der Waals surface area contributed by atoms with Crippen molar-refractivity contribution in [3.63, 3.8) is 0 Å². The maximum absolute atomic E-state index is 9.28. The van der Waals surface area contributed by atoms with Gasteiger partial charge in [-0.15, -0.1) is 0 Å². The summed E-state index contributed by atoms with van der Waals surface area (Å²) in [6.07, 6.45) is 0. The highest BCUT2D eigenvalue weighted by atomic mass is 35.5. The number of phenolic OH excluding ortho intramolecular Hbond substituents is 1. The van der Waals surface area contributed by atoms with Crippen LogP contribution in [-0.4, -0.2) is 11.1 Å². The third-order valence-corrected chi connectivity index (χ3v) is 3.54. The van der Waals surface area contributed by atoms with Gasteiger partial charge in [-0.2, -0.15) is 0 Å². The summed E-state index contributed by atoms with van der Waals surface area (Å²) in [6, 6.07) is 5.51. The Morgan fingerprint density at radius 1 is 1.43 bits per heavy atom. The van der Waals surface area contributed by atoms with Gasteiger partial charge in [0.05, 0.1) is 5.02 Å². The Balaban J connectivity index is 2.32. The number of halogens is 1. The van der Waals surface area contributed by atoms with E-state index in [4.69, 9.17) is 17.3 Å². The zero-order valence-corrected chi connectivity index (χ0v) is 9.05. The zero-order chi connectivity index (χ0) is 10.5. The lowest BCUT2D eigenvalue weighted by atomic mass is 10.0. The Hall–Kier alpha value is -0.730.